The van der Waals surface area contributed by atoms with Crippen molar-refractivity contribution >= 4 is 11.9 Å². The third-order valence-corrected chi connectivity index (χ3v) is 7.56. The Morgan fingerprint density at radius 3 is 1.38 bits per heavy atom. The van der Waals surface area contributed by atoms with Gasteiger partial charge in [0.1, 0.15) is 6.61 Å². The van der Waals surface area contributed by atoms with Crippen LogP contribution < -0.4 is 0 Å². The molecule has 0 aromatic heterocycles. The van der Waals surface area contributed by atoms with Crippen LogP contribution in [0, 0.1) is 0 Å². The number of carbonyl (C=O) groups excluding carboxylic acids is 2. The largest absolute Gasteiger partial charge is 0.462 e. The molecule has 0 aromatic carbocycles. The zero-order chi connectivity index (χ0) is 29.4. The molecule has 0 radical (unpaired) electrons. The van der Waals surface area contributed by atoms with Gasteiger partial charge in [-0.15, -0.1) is 0 Å². The molecule has 40 heavy (non-hydrogen) atoms. The number of unbranched alkanes of at least 4 members (excludes halogenated alkanes) is 21. The van der Waals surface area contributed by atoms with Gasteiger partial charge >= 0.3 is 11.9 Å². The van der Waals surface area contributed by atoms with Crippen LogP contribution in [-0.2, 0) is 19.1 Å². The van der Waals surface area contributed by atoms with Gasteiger partial charge in [-0.1, -0.05) is 142 Å². The molecular formula is C35H66O5. The van der Waals surface area contributed by atoms with Crippen LogP contribution >= 0.6 is 0 Å². The number of rotatable bonds is 31. The summed E-state index contributed by atoms with van der Waals surface area (Å²) in [5, 5.41) is 9.50. The van der Waals surface area contributed by atoms with Gasteiger partial charge in [0.15, 0.2) is 6.10 Å². The molecule has 0 bridgehead atoms. The van der Waals surface area contributed by atoms with E-state index >= 15 is 0 Å². The minimum atomic E-state index is -0.767. The lowest BCUT2D eigenvalue weighted by molar-refractivity contribution is -0.161. The Bertz CT molecular complexity index is 574. The third-order valence-electron chi connectivity index (χ3n) is 7.56. The van der Waals surface area contributed by atoms with Crippen molar-refractivity contribution < 1.29 is 24.2 Å². The van der Waals surface area contributed by atoms with Gasteiger partial charge in [-0.05, 0) is 38.5 Å². The van der Waals surface area contributed by atoms with Crippen molar-refractivity contribution in [1.82, 2.24) is 0 Å². The van der Waals surface area contributed by atoms with E-state index in [1.807, 2.05) is 0 Å². The first-order chi connectivity index (χ1) is 19.6. The van der Waals surface area contributed by atoms with Crippen LogP contribution in [0.25, 0.3) is 0 Å². The van der Waals surface area contributed by atoms with Crippen LogP contribution in [0.4, 0.5) is 0 Å². The van der Waals surface area contributed by atoms with Crippen LogP contribution in [0.5, 0.6) is 0 Å². The zero-order valence-corrected chi connectivity index (χ0v) is 26.6. The Kier molecular flexibility index (Phi) is 31.1. The molecule has 0 spiro atoms. The lowest BCUT2D eigenvalue weighted by Crippen LogP contribution is -2.28. The lowest BCUT2D eigenvalue weighted by atomic mass is 10.0. The van der Waals surface area contributed by atoms with E-state index in [1.165, 1.54) is 109 Å². The first-order valence-electron chi connectivity index (χ1n) is 17.2. The summed E-state index contributed by atoms with van der Waals surface area (Å²) in [5.41, 5.74) is 0. The Labute approximate surface area is 248 Å². The molecule has 236 valence electrons. The lowest BCUT2D eigenvalue weighted by Gasteiger charge is -2.15. The summed E-state index contributed by atoms with van der Waals surface area (Å²) in [6.45, 7) is 4.11. The molecule has 5 heteroatoms. The van der Waals surface area contributed by atoms with E-state index in [1.54, 1.807) is 0 Å². The maximum Gasteiger partial charge on any atom is 0.306 e. The monoisotopic (exact) mass is 566 g/mol. The fourth-order valence-corrected chi connectivity index (χ4v) is 4.90. The predicted octanol–water partition coefficient (Wildman–Crippen LogP) is 10.2. The summed E-state index contributed by atoms with van der Waals surface area (Å²) in [7, 11) is 0. The van der Waals surface area contributed by atoms with Gasteiger partial charge in [0.2, 0.25) is 0 Å². The maximum atomic E-state index is 12.1. The summed E-state index contributed by atoms with van der Waals surface area (Å²) in [4.78, 5) is 24.1. The molecule has 0 saturated heterocycles. The second kappa shape index (κ2) is 32.2. The fourth-order valence-electron chi connectivity index (χ4n) is 4.90. The van der Waals surface area contributed by atoms with Gasteiger partial charge in [-0.25, -0.2) is 0 Å². The van der Waals surface area contributed by atoms with E-state index in [4.69, 9.17) is 9.47 Å². The van der Waals surface area contributed by atoms with Crippen molar-refractivity contribution in [2.75, 3.05) is 13.2 Å². The molecule has 0 aliphatic heterocycles. The van der Waals surface area contributed by atoms with Crippen LogP contribution in [0.15, 0.2) is 12.2 Å². The second-order valence-electron chi connectivity index (χ2n) is 11.6. The molecule has 0 unspecified atom stereocenters. The summed E-state index contributed by atoms with van der Waals surface area (Å²) in [6, 6.07) is 0. The Balaban J connectivity index is 3.57. The van der Waals surface area contributed by atoms with Gasteiger partial charge < -0.3 is 14.6 Å². The van der Waals surface area contributed by atoms with Crippen LogP contribution in [0.2, 0.25) is 0 Å². The number of hydrogen-bond donors (Lipinski definition) is 1. The van der Waals surface area contributed by atoms with E-state index in [0.717, 1.165) is 44.9 Å². The Hall–Kier alpha value is -1.36. The smallest absolute Gasteiger partial charge is 0.306 e. The van der Waals surface area contributed by atoms with Crippen LogP contribution in [0.3, 0.4) is 0 Å². The summed E-state index contributed by atoms with van der Waals surface area (Å²) in [5.74, 6) is -0.596. The minimum absolute atomic E-state index is 0.0638. The van der Waals surface area contributed by atoms with Gasteiger partial charge in [-0.2, -0.15) is 0 Å². The van der Waals surface area contributed by atoms with Crippen molar-refractivity contribution in [2.24, 2.45) is 0 Å². The molecule has 1 atom stereocenters. The highest BCUT2D eigenvalue weighted by molar-refractivity contribution is 5.70. The average molecular weight is 567 g/mol. The first-order valence-corrected chi connectivity index (χ1v) is 17.2. The molecule has 0 fully saturated rings. The average Bonchev–Trinajstić information content (AvgIpc) is 2.96. The predicted molar refractivity (Wildman–Crippen MR) is 168 cm³/mol. The third kappa shape index (κ3) is 29.6. The summed E-state index contributed by atoms with van der Waals surface area (Å²) in [6.07, 6.45) is 34.0. The number of esters is 2. The molecule has 5 nitrogen and oxygen atoms in total. The van der Waals surface area contributed by atoms with Gasteiger partial charge in [0, 0.05) is 12.8 Å². The highest BCUT2D eigenvalue weighted by atomic mass is 16.6. The van der Waals surface area contributed by atoms with E-state index in [0.29, 0.717) is 12.8 Å². The molecule has 0 aliphatic rings. The van der Waals surface area contributed by atoms with E-state index < -0.39 is 6.10 Å². The topological polar surface area (TPSA) is 72.8 Å². The van der Waals surface area contributed by atoms with Gasteiger partial charge in [0.05, 0.1) is 6.61 Å². The van der Waals surface area contributed by atoms with Crippen LogP contribution in [0.1, 0.15) is 181 Å². The quantitative estimate of drug-likeness (QED) is 0.0513. The molecular weight excluding hydrogens is 500 g/mol. The maximum absolute atomic E-state index is 12.1. The van der Waals surface area contributed by atoms with E-state index in [9.17, 15) is 14.7 Å². The Morgan fingerprint density at radius 2 is 0.925 bits per heavy atom. The van der Waals surface area contributed by atoms with E-state index in [2.05, 4.69) is 26.0 Å². The second-order valence-corrected chi connectivity index (χ2v) is 11.6. The van der Waals surface area contributed by atoms with Gasteiger partial charge in [-0.3, -0.25) is 9.59 Å². The fraction of sp³-hybridized carbons (Fsp3) is 0.886. The van der Waals surface area contributed by atoms with Crippen molar-refractivity contribution in [3.05, 3.63) is 12.2 Å². The molecule has 0 rings (SSSR count). The number of aliphatic hydroxyl groups is 1. The summed E-state index contributed by atoms with van der Waals surface area (Å²) < 4.78 is 10.5. The number of allylic oxidation sites excluding steroid dienone is 2. The van der Waals surface area contributed by atoms with Crippen molar-refractivity contribution in [1.29, 1.82) is 0 Å². The van der Waals surface area contributed by atoms with E-state index in [-0.39, 0.29) is 25.2 Å². The highest BCUT2D eigenvalue weighted by Gasteiger charge is 2.16. The molecule has 1 N–H and O–H groups in total. The molecule has 0 heterocycles. The molecule has 0 amide bonds. The standard InChI is InChI=1S/C35H66O5/c1-3-5-7-9-11-13-15-17-19-21-23-25-27-29-34(37)39-32-33(31-36)40-35(38)30-28-26-24-22-20-18-16-14-12-10-8-6-4-2/h14,16,33,36H,3-13,15,17-32H2,1-2H3/b16-14-/t33-/m0/s1. The number of ether oxygens (including phenoxy) is 2. The van der Waals surface area contributed by atoms with Crippen molar-refractivity contribution in [3.8, 4) is 0 Å². The summed E-state index contributed by atoms with van der Waals surface area (Å²) >= 11 is 0. The molecule has 0 aromatic rings. The van der Waals surface area contributed by atoms with Crippen molar-refractivity contribution in [3.63, 3.8) is 0 Å². The zero-order valence-electron chi connectivity index (χ0n) is 26.6. The SMILES string of the molecule is CCCCCC/C=C\CCCCCCCC(=O)O[C@@H](CO)COC(=O)CCCCCCCCCCCCCCC. The number of aliphatic hydroxyl groups excluding tert-OH is 1. The van der Waals surface area contributed by atoms with Crippen LogP contribution in [-0.4, -0.2) is 36.4 Å². The minimum Gasteiger partial charge on any atom is -0.462 e. The van der Waals surface area contributed by atoms with Gasteiger partial charge in [0.25, 0.3) is 0 Å². The normalized spacial score (nSPS) is 12.2. The molecule has 0 aliphatic carbocycles. The molecule has 0 saturated carbocycles. The highest BCUT2D eigenvalue weighted by Crippen LogP contribution is 2.14. The van der Waals surface area contributed by atoms with Crippen molar-refractivity contribution in [2.45, 2.75) is 187 Å². The first kappa shape index (κ1) is 38.6. The Morgan fingerprint density at radius 1 is 0.550 bits per heavy atom. The number of hydrogen-bond acceptors (Lipinski definition) is 5. The number of carbonyl (C=O) groups is 2.